The smallest absolute Gasteiger partial charge is 0.247 e. The van der Waals surface area contributed by atoms with Crippen molar-refractivity contribution < 1.29 is 14.4 Å². The molecule has 1 aromatic heterocycles. The molecule has 0 saturated carbocycles. The zero-order chi connectivity index (χ0) is 27.6. The summed E-state index contributed by atoms with van der Waals surface area (Å²) in [6.07, 6.45) is 0.738. The van der Waals surface area contributed by atoms with E-state index in [4.69, 9.17) is 9.78 Å². The van der Waals surface area contributed by atoms with Crippen molar-refractivity contribution in [1.29, 1.82) is 0 Å². The monoisotopic (exact) mass is 520 g/mol. The molecule has 7 rings (SSSR count). The summed E-state index contributed by atoms with van der Waals surface area (Å²) in [5.74, 6) is -0.547. The molecule has 0 bridgehead atoms. The first-order valence-electron chi connectivity index (χ1n) is 12.9. The molecular formula is C35H24N2O3. The zero-order valence-electron chi connectivity index (χ0n) is 21.5. The lowest BCUT2D eigenvalue weighted by Gasteiger charge is -2.23. The molecule has 40 heavy (non-hydrogen) atoms. The first-order valence-corrected chi connectivity index (χ1v) is 12.9. The largest absolute Gasteiger partial charge is 0.307 e. The van der Waals surface area contributed by atoms with Crippen LogP contribution in [0.1, 0.15) is 16.3 Å². The van der Waals surface area contributed by atoms with Crippen LogP contribution >= 0.6 is 0 Å². The van der Waals surface area contributed by atoms with Crippen LogP contribution in [0.3, 0.4) is 0 Å². The number of fused-ring (bicyclic) bond motifs is 5. The minimum absolute atomic E-state index is 0.263. The number of carbonyl (C=O) groups is 3. The molecule has 0 amide bonds. The summed E-state index contributed by atoms with van der Waals surface area (Å²) in [5.41, 5.74) is 9.51. The van der Waals surface area contributed by atoms with Crippen LogP contribution in [0.25, 0.3) is 55.8 Å². The molecule has 0 radical (unpaired) electrons. The van der Waals surface area contributed by atoms with Gasteiger partial charge >= 0.3 is 0 Å². The molecule has 5 aromatic carbocycles. The Morgan fingerprint density at radius 1 is 0.625 bits per heavy atom. The first-order chi connectivity index (χ1) is 19.7. The van der Waals surface area contributed by atoms with Gasteiger partial charge in [-0.3, -0.25) is 9.36 Å². The number of para-hydroxylation sites is 2. The van der Waals surface area contributed by atoms with Crippen LogP contribution in [-0.2, 0) is 9.59 Å². The predicted octanol–water partition coefficient (Wildman–Crippen LogP) is 7.46. The Kier molecular flexibility index (Phi) is 6.46. The summed E-state index contributed by atoms with van der Waals surface area (Å²) in [7, 11) is 0. The van der Waals surface area contributed by atoms with Crippen LogP contribution < -0.4 is 0 Å². The Hall–Kier alpha value is -5.42. The van der Waals surface area contributed by atoms with Gasteiger partial charge in [0.2, 0.25) is 5.91 Å². The van der Waals surface area contributed by atoms with Gasteiger partial charge in [-0.25, -0.2) is 4.98 Å². The number of aldehydes is 1. The number of aromatic nitrogens is 2. The minimum Gasteiger partial charge on any atom is -0.307 e. The quantitative estimate of drug-likeness (QED) is 0.179. The summed E-state index contributed by atoms with van der Waals surface area (Å²) >= 11 is 0. The maximum absolute atomic E-state index is 13.3. The van der Waals surface area contributed by atoms with Crippen molar-refractivity contribution in [3.05, 3.63) is 127 Å². The standard InChI is InChI=1S/C34H22N2O2.CH2O/c37-21-30-28-16-15-24(20-29(28)33-35-31-13-7-8-14-32(31)36(33)34(30)38)27-18-25(22-9-3-1-4-10-22)17-26(19-27)23-11-5-2-6-12-23;1-2/h1-21,30H;1H2. The third-order valence-electron chi connectivity index (χ3n) is 7.29. The van der Waals surface area contributed by atoms with E-state index in [0.717, 1.165) is 50.7 Å². The molecule has 5 heteroatoms. The van der Waals surface area contributed by atoms with Crippen LogP contribution in [0.5, 0.6) is 0 Å². The zero-order valence-corrected chi connectivity index (χ0v) is 21.5. The molecule has 0 fully saturated rings. The summed E-state index contributed by atoms with van der Waals surface area (Å²) in [6, 6.07) is 40.8. The SMILES string of the molecule is C=O.O=CC1C(=O)n2c(nc3ccccc32)-c2cc(-c3cc(-c4ccccc4)cc(-c4ccccc4)c3)ccc21. The van der Waals surface area contributed by atoms with E-state index in [1.807, 2.05) is 79.6 Å². The number of hydrogen-bond acceptors (Lipinski definition) is 4. The van der Waals surface area contributed by atoms with E-state index in [0.29, 0.717) is 16.9 Å². The number of carbonyl (C=O) groups excluding carboxylic acids is 3. The maximum atomic E-state index is 13.3. The molecule has 1 unspecified atom stereocenters. The molecule has 1 aliphatic heterocycles. The van der Waals surface area contributed by atoms with Crippen LogP contribution in [0.2, 0.25) is 0 Å². The molecule has 5 nitrogen and oxygen atoms in total. The van der Waals surface area contributed by atoms with Crippen LogP contribution in [0, 0.1) is 0 Å². The molecule has 0 spiro atoms. The van der Waals surface area contributed by atoms with Gasteiger partial charge < -0.3 is 9.59 Å². The highest BCUT2D eigenvalue weighted by Gasteiger charge is 2.34. The average molecular weight is 521 g/mol. The van der Waals surface area contributed by atoms with Crippen molar-refractivity contribution in [2.24, 2.45) is 0 Å². The average Bonchev–Trinajstić information content (AvgIpc) is 3.43. The van der Waals surface area contributed by atoms with E-state index in [1.54, 1.807) is 4.57 Å². The Balaban J connectivity index is 0.00000142. The second-order valence-electron chi connectivity index (χ2n) is 9.54. The van der Waals surface area contributed by atoms with Gasteiger partial charge in [-0.1, -0.05) is 84.9 Å². The Labute approximate surface area is 231 Å². The molecule has 1 aliphatic rings. The van der Waals surface area contributed by atoms with Gasteiger partial charge in [0.15, 0.2) is 0 Å². The van der Waals surface area contributed by atoms with Crippen LogP contribution in [0.4, 0.5) is 0 Å². The normalized spacial score (nSPS) is 13.6. The first kappa shape index (κ1) is 24.9. The summed E-state index contributed by atoms with van der Waals surface area (Å²) in [4.78, 5) is 38.2. The lowest BCUT2D eigenvalue weighted by molar-refractivity contribution is -0.108. The summed E-state index contributed by atoms with van der Waals surface area (Å²) in [5, 5.41) is 0. The highest BCUT2D eigenvalue weighted by molar-refractivity contribution is 6.09. The van der Waals surface area contributed by atoms with Crippen molar-refractivity contribution in [3.63, 3.8) is 0 Å². The van der Waals surface area contributed by atoms with Gasteiger partial charge in [0.1, 0.15) is 24.8 Å². The lowest BCUT2D eigenvalue weighted by atomic mass is 9.87. The Morgan fingerprint density at radius 3 is 1.77 bits per heavy atom. The number of hydrogen-bond donors (Lipinski definition) is 0. The second kappa shape index (κ2) is 10.4. The van der Waals surface area contributed by atoms with Gasteiger partial charge in [0, 0.05) is 5.56 Å². The van der Waals surface area contributed by atoms with Crippen molar-refractivity contribution in [2.45, 2.75) is 5.92 Å². The molecular weight excluding hydrogens is 496 g/mol. The van der Waals surface area contributed by atoms with Gasteiger partial charge in [0.25, 0.3) is 0 Å². The number of imidazole rings is 1. The van der Waals surface area contributed by atoms with Gasteiger partial charge in [0.05, 0.1) is 11.0 Å². The van der Waals surface area contributed by atoms with Crippen molar-refractivity contribution in [1.82, 2.24) is 9.55 Å². The number of nitrogens with zero attached hydrogens (tertiary/aromatic N) is 2. The fraction of sp³-hybridized carbons (Fsp3) is 0.0286. The fourth-order valence-corrected chi connectivity index (χ4v) is 5.42. The summed E-state index contributed by atoms with van der Waals surface area (Å²) in [6.45, 7) is 2.00. The molecule has 0 N–H and O–H groups in total. The van der Waals surface area contributed by atoms with Gasteiger partial charge in [-0.05, 0) is 75.3 Å². The van der Waals surface area contributed by atoms with Crippen molar-refractivity contribution >= 4 is 30.0 Å². The second-order valence-corrected chi connectivity index (χ2v) is 9.54. The molecule has 192 valence electrons. The molecule has 2 heterocycles. The van der Waals surface area contributed by atoms with E-state index in [1.165, 1.54) is 0 Å². The van der Waals surface area contributed by atoms with Gasteiger partial charge in [-0.15, -0.1) is 0 Å². The van der Waals surface area contributed by atoms with Crippen molar-refractivity contribution in [3.8, 4) is 44.8 Å². The molecule has 0 aliphatic carbocycles. The Bertz CT molecular complexity index is 1820. The van der Waals surface area contributed by atoms with Crippen LogP contribution in [-0.4, -0.2) is 28.5 Å². The van der Waals surface area contributed by atoms with E-state index >= 15 is 0 Å². The molecule has 6 aromatic rings. The molecule has 1 atom stereocenters. The minimum atomic E-state index is -0.861. The lowest BCUT2D eigenvalue weighted by Crippen LogP contribution is -2.27. The highest BCUT2D eigenvalue weighted by atomic mass is 16.2. The van der Waals surface area contributed by atoms with Gasteiger partial charge in [-0.2, -0.15) is 0 Å². The van der Waals surface area contributed by atoms with E-state index in [-0.39, 0.29) is 5.91 Å². The third kappa shape index (κ3) is 4.14. The topological polar surface area (TPSA) is 69.0 Å². The molecule has 0 saturated heterocycles. The number of rotatable bonds is 4. The predicted molar refractivity (Wildman–Crippen MR) is 158 cm³/mol. The maximum Gasteiger partial charge on any atom is 0.247 e. The van der Waals surface area contributed by atoms with E-state index in [2.05, 4.69) is 48.5 Å². The van der Waals surface area contributed by atoms with E-state index < -0.39 is 5.92 Å². The third-order valence-corrected chi connectivity index (χ3v) is 7.29. The van der Waals surface area contributed by atoms with Crippen LogP contribution in [0.15, 0.2) is 121 Å². The summed E-state index contributed by atoms with van der Waals surface area (Å²) < 4.78 is 1.59. The Morgan fingerprint density at radius 2 is 1.18 bits per heavy atom. The number of benzene rings is 5. The fourth-order valence-electron chi connectivity index (χ4n) is 5.42. The van der Waals surface area contributed by atoms with Crippen molar-refractivity contribution in [2.75, 3.05) is 0 Å². The highest BCUT2D eigenvalue weighted by Crippen LogP contribution is 2.40. The van der Waals surface area contributed by atoms with E-state index in [9.17, 15) is 9.59 Å².